The quantitative estimate of drug-likeness (QED) is 0.854. The Hall–Kier alpha value is -2.36. The average Bonchev–Trinajstić information content (AvgIpc) is 2.38. The predicted molar refractivity (Wildman–Crippen MR) is 66.9 cm³/mol. The molecule has 0 saturated heterocycles. The summed E-state index contributed by atoms with van der Waals surface area (Å²) in [5.41, 5.74) is 1.40. The molecule has 2 aromatic rings. The van der Waals surface area contributed by atoms with Gasteiger partial charge in [-0.05, 0) is 29.8 Å². The highest BCUT2D eigenvalue weighted by Crippen LogP contribution is 2.26. The van der Waals surface area contributed by atoms with Gasteiger partial charge in [-0.15, -0.1) is 0 Å². The molecule has 4 heteroatoms. The lowest BCUT2D eigenvalue weighted by atomic mass is 10.0. The first-order chi connectivity index (χ1) is 8.61. The molecule has 2 aromatic carbocycles. The van der Waals surface area contributed by atoms with Crippen LogP contribution < -0.4 is 5.32 Å². The largest absolute Gasteiger partial charge is 0.508 e. The van der Waals surface area contributed by atoms with Crippen LogP contribution in [0.1, 0.15) is 10.4 Å². The van der Waals surface area contributed by atoms with Crippen LogP contribution in [0.2, 0.25) is 0 Å². The maximum Gasteiger partial charge on any atom is 0.251 e. The van der Waals surface area contributed by atoms with Crippen LogP contribution in [0.5, 0.6) is 5.75 Å². The molecular weight excluding hydrogens is 233 g/mol. The third-order valence-corrected chi connectivity index (χ3v) is 2.62. The van der Waals surface area contributed by atoms with Gasteiger partial charge in [-0.2, -0.15) is 0 Å². The molecule has 0 heterocycles. The molecule has 0 aliphatic carbocycles. The number of aromatic hydroxyl groups is 1. The van der Waals surface area contributed by atoms with Crippen molar-refractivity contribution >= 4 is 5.91 Å². The van der Waals surface area contributed by atoms with E-state index in [0.29, 0.717) is 16.7 Å². The van der Waals surface area contributed by atoms with Crippen LogP contribution in [0, 0.1) is 5.82 Å². The Morgan fingerprint density at radius 2 is 2.00 bits per heavy atom. The van der Waals surface area contributed by atoms with Crippen molar-refractivity contribution in [2.45, 2.75) is 0 Å². The summed E-state index contributed by atoms with van der Waals surface area (Å²) in [5.74, 6) is -0.876. The maximum atomic E-state index is 13.7. The Kier molecular flexibility index (Phi) is 3.28. The van der Waals surface area contributed by atoms with Crippen LogP contribution in [-0.4, -0.2) is 18.1 Å². The Morgan fingerprint density at radius 3 is 2.67 bits per heavy atom. The van der Waals surface area contributed by atoms with E-state index in [2.05, 4.69) is 5.32 Å². The highest BCUT2D eigenvalue weighted by atomic mass is 19.1. The Balaban J connectivity index is 2.48. The third kappa shape index (κ3) is 2.32. The van der Waals surface area contributed by atoms with Crippen molar-refractivity contribution < 1.29 is 14.3 Å². The topological polar surface area (TPSA) is 49.3 Å². The van der Waals surface area contributed by atoms with Gasteiger partial charge in [0.15, 0.2) is 0 Å². The van der Waals surface area contributed by atoms with Gasteiger partial charge in [0.05, 0.1) is 0 Å². The van der Waals surface area contributed by atoms with Gasteiger partial charge in [-0.3, -0.25) is 4.79 Å². The minimum Gasteiger partial charge on any atom is -0.508 e. The van der Waals surface area contributed by atoms with Crippen LogP contribution in [0.4, 0.5) is 4.39 Å². The van der Waals surface area contributed by atoms with Crippen LogP contribution in [0.15, 0.2) is 42.5 Å². The lowest BCUT2D eigenvalue weighted by Gasteiger charge is -2.06. The van der Waals surface area contributed by atoms with E-state index in [1.807, 2.05) is 0 Å². The fourth-order valence-electron chi connectivity index (χ4n) is 1.71. The number of halogens is 1. The fourth-order valence-corrected chi connectivity index (χ4v) is 1.71. The molecule has 0 aromatic heterocycles. The minimum atomic E-state index is -0.524. The molecule has 2 N–H and O–H groups in total. The lowest BCUT2D eigenvalue weighted by molar-refractivity contribution is 0.0963. The molecule has 18 heavy (non-hydrogen) atoms. The summed E-state index contributed by atoms with van der Waals surface area (Å²) in [5, 5.41) is 11.7. The molecule has 0 unspecified atom stereocenters. The summed E-state index contributed by atoms with van der Waals surface area (Å²) in [7, 11) is 1.54. The number of carbonyl (C=O) groups excluding carboxylic acids is 1. The highest BCUT2D eigenvalue weighted by Gasteiger charge is 2.09. The summed E-state index contributed by atoms with van der Waals surface area (Å²) >= 11 is 0. The number of hydrogen-bond donors (Lipinski definition) is 2. The Morgan fingerprint density at radius 1 is 1.22 bits per heavy atom. The average molecular weight is 245 g/mol. The van der Waals surface area contributed by atoms with Crippen LogP contribution in [0.25, 0.3) is 11.1 Å². The van der Waals surface area contributed by atoms with E-state index in [-0.39, 0.29) is 11.7 Å². The van der Waals surface area contributed by atoms with Crippen molar-refractivity contribution in [3.8, 4) is 16.9 Å². The summed E-state index contributed by atoms with van der Waals surface area (Å²) in [6, 6.07) is 10.6. The molecule has 0 saturated carbocycles. The zero-order valence-corrected chi connectivity index (χ0v) is 9.77. The molecule has 3 nitrogen and oxygen atoms in total. The van der Waals surface area contributed by atoms with E-state index in [1.165, 1.54) is 19.2 Å². The van der Waals surface area contributed by atoms with Gasteiger partial charge in [0.2, 0.25) is 0 Å². The number of rotatable bonds is 2. The fraction of sp³-hybridized carbons (Fsp3) is 0.0714. The van der Waals surface area contributed by atoms with E-state index in [9.17, 15) is 9.18 Å². The van der Waals surface area contributed by atoms with E-state index >= 15 is 0 Å². The zero-order valence-electron chi connectivity index (χ0n) is 9.77. The lowest BCUT2D eigenvalue weighted by Crippen LogP contribution is -2.17. The summed E-state index contributed by atoms with van der Waals surface area (Å²) in [4.78, 5) is 11.5. The van der Waals surface area contributed by atoms with E-state index < -0.39 is 5.82 Å². The molecule has 2 rings (SSSR count). The van der Waals surface area contributed by atoms with Gasteiger partial charge in [0.25, 0.3) is 5.91 Å². The van der Waals surface area contributed by atoms with Gasteiger partial charge in [0.1, 0.15) is 11.6 Å². The van der Waals surface area contributed by atoms with Crippen molar-refractivity contribution in [1.82, 2.24) is 5.32 Å². The van der Waals surface area contributed by atoms with Crippen molar-refractivity contribution in [2.24, 2.45) is 0 Å². The molecule has 0 aliphatic heterocycles. The van der Waals surface area contributed by atoms with E-state index in [4.69, 9.17) is 5.11 Å². The molecule has 92 valence electrons. The second-order valence-electron chi connectivity index (χ2n) is 3.82. The van der Waals surface area contributed by atoms with Gasteiger partial charge in [-0.1, -0.05) is 12.1 Å². The highest BCUT2D eigenvalue weighted by molar-refractivity contribution is 5.95. The molecule has 0 atom stereocenters. The Labute approximate surface area is 104 Å². The number of amides is 1. The number of hydrogen-bond acceptors (Lipinski definition) is 2. The molecule has 0 bridgehead atoms. The molecular formula is C14H12FNO2. The standard InChI is InChI=1S/C14H12FNO2/c1-16-14(18)10-4-2-3-9(7-10)12-6-5-11(17)8-13(12)15/h2-8,17H,1H3,(H,16,18). The maximum absolute atomic E-state index is 13.7. The van der Waals surface area contributed by atoms with Crippen molar-refractivity contribution in [3.05, 3.63) is 53.8 Å². The van der Waals surface area contributed by atoms with Gasteiger partial charge in [-0.25, -0.2) is 4.39 Å². The van der Waals surface area contributed by atoms with E-state index in [1.54, 1.807) is 24.3 Å². The predicted octanol–water partition coefficient (Wildman–Crippen LogP) is 2.56. The summed E-state index contributed by atoms with van der Waals surface area (Å²) in [6.07, 6.45) is 0. The number of nitrogens with one attached hydrogen (secondary N) is 1. The van der Waals surface area contributed by atoms with Gasteiger partial charge < -0.3 is 10.4 Å². The smallest absolute Gasteiger partial charge is 0.251 e. The number of benzene rings is 2. The van der Waals surface area contributed by atoms with Gasteiger partial charge in [0, 0.05) is 24.2 Å². The second-order valence-corrected chi connectivity index (χ2v) is 3.82. The van der Waals surface area contributed by atoms with Crippen molar-refractivity contribution in [3.63, 3.8) is 0 Å². The van der Waals surface area contributed by atoms with Crippen molar-refractivity contribution in [1.29, 1.82) is 0 Å². The SMILES string of the molecule is CNC(=O)c1cccc(-c2ccc(O)cc2F)c1. The third-order valence-electron chi connectivity index (χ3n) is 2.62. The normalized spacial score (nSPS) is 10.1. The number of phenols is 1. The zero-order chi connectivity index (χ0) is 13.1. The van der Waals surface area contributed by atoms with Crippen LogP contribution >= 0.6 is 0 Å². The van der Waals surface area contributed by atoms with Gasteiger partial charge >= 0.3 is 0 Å². The molecule has 0 aliphatic rings. The van der Waals surface area contributed by atoms with Crippen LogP contribution in [0.3, 0.4) is 0 Å². The van der Waals surface area contributed by atoms with E-state index in [0.717, 1.165) is 6.07 Å². The molecule has 1 amide bonds. The summed E-state index contributed by atoms with van der Waals surface area (Å²) in [6.45, 7) is 0. The second kappa shape index (κ2) is 4.87. The Bertz CT molecular complexity index is 596. The molecule has 0 radical (unpaired) electrons. The minimum absolute atomic E-state index is 0.126. The van der Waals surface area contributed by atoms with Crippen LogP contribution in [-0.2, 0) is 0 Å². The first-order valence-electron chi connectivity index (χ1n) is 5.43. The van der Waals surface area contributed by atoms with Crippen molar-refractivity contribution in [2.75, 3.05) is 7.05 Å². The summed E-state index contributed by atoms with van der Waals surface area (Å²) < 4.78 is 13.7. The number of carbonyl (C=O) groups is 1. The molecule has 0 spiro atoms. The number of phenolic OH excluding ortho intramolecular Hbond substituents is 1. The first-order valence-corrected chi connectivity index (χ1v) is 5.43. The monoisotopic (exact) mass is 245 g/mol. The first kappa shape index (κ1) is 12.1. The molecule has 0 fully saturated rings.